The smallest absolute Gasteiger partial charge is 0.181 e. The molecule has 1 aromatic rings. The van der Waals surface area contributed by atoms with E-state index in [0.29, 0.717) is 30.7 Å². The topological polar surface area (TPSA) is 27.7 Å². The quantitative estimate of drug-likeness (QED) is 0.469. The van der Waals surface area contributed by atoms with E-state index < -0.39 is 0 Å². The molecule has 2 atom stereocenters. The molecule has 3 aliphatic carbocycles. The van der Waals surface area contributed by atoms with E-state index in [1.54, 1.807) is 5.56 Å². The molecular formula is C26H38O3. The molecule has 3 heteroatoms. The summed E-state index contributed by atoms with van der Waals surface area (Å²) in [5, 5.41) is 0. The van der Waals surface area contributed by atoms with E-state index in [-0.39, 0.29) is 12.4 Å². The highest BCUT2D eigenvalue weighted by Crippen LogP contribution is 2.59. The van der Waals surface area contributed by atoms with Crippen molar-refractivity contribution in [2.24, 2.45) is 5.41 Å². The summed E-state index contributed by atoms with van der Waals surface area (Å²) in [4.78, 5) is 0. The highest BCUT2D eigenvalue weighted by atomic mass is 16.7. The Kier molecular flexibility index (Phi) is 6.78. The van der Waals surface area contributed by atoms with Gasteiger partial charge in [0.2, 0.25) is 0 Å². The van der Waals surface area contributed by atoms with Gasteiger partial charge >= 0.3 is 0 Å². The first kappa shape index (κ1) is 21.1. The molecule has 0 radical (unpaired) electrons. The fourth-order valence-corrected chi connectivity index (χ4v) is 5.82. The van der Waals surface area contributed by atoms with Crippen molar-refractivity contribution < 1.29 is 14.2 Å². The van der Waals surface area contributed by atoms with Crippen LogP contribution in [-0.4, -0.2) is 26.1 Å². The molecular weight excluding hydrogens is 360 g/mol. The third-order valence-electron chi connectivity index (χ3n) is 7.72. The van der Waals surface area contributed by atoms with E-state index in [1.165, 1.54) is 56.9 Å². The summed E-state index contributed by atoms with van der Waals surface area (Å²) in [7, 11) is 0. The molecule has 3 saturated carbocycles. The number of benzene rings is 1. The molecule has 2 bridgehead atoms. The van der Waals surface area contributed by atoms with Crippen LogP contribution in [0.25, 0.3) is 0 Å². The molecule has 29 heavy (non-hydrogen) atoms. The van der Waals surface area contributed by atoms with E-state index >= 15 is 0 Å². The fourth-order valence-electron chi connectivity index (χ4n) is 5.82. The first-order chi connectivity index (χ1) is 14.2. The maximum atomic E-state index is 6.04. The average Bonchev–Trinajstić information content (AvgIpc) is 2.79. The molecule has 3 nitrogen and oxygen atoms in total. The normalized spacial score (nSPS) is 34.7. The number of hydrogen-bond acceptors (Lipinski definition) is 3. The van der Waals surface area contributed by atoms with Crippen molar-refractivity contribution in [1.82, 2.24) is 0 Å². The van der Waals surface area contributed by atoms with E-state index in [9.17, 15) is 0 Å². The number of fused-ring (bicyclic) bond motifs is 3. The van der Waals surface area contributed by atoms with E-state index in [4.69, 9.17) is 14.2 Å². The van der Waals surface area contributed by atoms with Gasteiger partial charge in [0.15, 0.2) is 6.29 Å². The van der Waals surface area contributed by atoms with Crippen LogP contribution >= 0.6 is 0 Å². The van der Waals surface area contributed by atoms with Gasteiger partial charge in [-0.2, -0.15) is 0 Å². The summed E-state index contributed by atoms with van der Waals surface area (Å²) in [6.07, 6.45) is 16.1. The molecule has 0 amide bonds. The third-order valence-corrected chi connectivity index (χ3v) is 7.72. The molecule has 0 unspecified atom stereocenters. The lowest BCUT2D eigenvalue weighted by atomic mass is 9.51. The zero-order valence-corrected chi connectivity index (χ0v) is 18.3. The van der Waals surface area contributed by atoms with Crippen LogP contribution in [0.2, 0.25) is 0 Å². The minimum atomic E-state index is -0.251. The molecule has 1 aromatic carbocycles. The Balaban J connectivity index is 1.31. The summed E-state index contributed by atoms with van der Waals surface area (Å²) in [6.45, 7) is 6.11. The Morgan fingerprint density at radius 3 is 2.24 bits per heavy atom. The van der Waals surface area contributed by atoms with Crippen LogP contribution in [0.15, 0.2) is 36.4 Å². The number of allylic oxidation sites excluding steroid dienone is 1. The van der Waals surface area contributed by atoms with Gasteiger partial charge in [-0.25, -0.2) is 0 Å². The van der Waals surface area contributed by atoms with Crippen LogP contribution in [0.4, 0.5) is 0 Å². The zero-order chi connectivity index (χ0) is 20.2. The Labute approximate surface area is 176 Å². The minimum Gasteiger partial charge on any atom is -0.366 e. The molecule has 5 rings (SSSR count). The van der Waals surface area contributed by atoms with Crippen LogP contribution in [0.1, 0.15) is 88.9 Å². The van der Waals surface area contributed by atoms with Crippen molar-refractivity contribution in [3.8, 4) is 0 Å². The number of hydrogen-bond donors (Lipinski definition) is 0. The molecule has 1 saturated heterocycles. The highest BCUT2D eigenvalue weighted by Gasteiger charge is 2.48. The van der Waals surface area contributed by atoms with Gasteiger partial charge in [-0.3, -0.25) is 0 Å². The first-order valence-corrected chi connectivity index (χ1v) is 11.8. The molecule has 160 valence electrons. The van der Waals surface area contributed by atoms with Crippen molar-refractivity contribution in [3.05, 3.63) is 47.5 Å². The van der Waals surface area contributed by atoms with Gasteiger partial charge < -0.3 is 14.2 Å². The van der Waals surface area contributed by atoms with Gasteiger partial charge in [-0.1, -0.05) is 56.7 Å². The Morgan fingerprint density at radius 2 is 1.66 bits per heavy atom. The van der Waals surface area contributed by atoms with Crippen molar-refractivity contribution in [3.63, 3.8) is 0 Å². The Morgan fingerprint density at radius 1 is 0.931 bits per heavy atom. The van der Waals surface area contributed by atoms with Gasteiger partial charge in [0.25, 0.3) is 0 Å². The minimum absolute atomic E-state index is 0.0162. The predicted octanol–water partition coefficient (Wildman–Crippen LogP) is 6.48. The first-order valence-electron chi connectivity index (χ1n) is 11.8. The van der Waals surface area contributed by atoms with Crippen LogP contribution in [-0.2, 0) is 19.6 Å². The molecule has 4 fully saturated rings. The summed E-state index contributed by atoms with van der Waals surface area (Å²) in [5.74, 6) is 0. The van der Waals surface area contributed by atoms with Crippen molar-refractivity contribution >= 4 is 0 Å². The Bertz CT molecular complexity index is 645. The molecule has 4 aliphatic rings. The van der Waals surface area contributed by atoms with Gasteiger partial charge in [0.1, 0.15) is 6.10 Å². The molecule has 0 spiro atoms. The summed E-state index contributed by atoms with van der Waals surface area (Å²) < 4.78 is 17.6. The second kappa shape index (κ2) is 9.32. The van der Waals surface area contributed by atoms with Gasteiger partial charge in [0.05, 0.1) is 19.8 Å². The Hall–Kier alpha value is -1.16. The van der Waals surface area contributed by atoms with Gasteiger partial charge in [-0.15, -0.1) is 0 Å². The highest BCUT2D eigenvalue weighted by molar-refractivity contribution is 5.32. The zero-order valence-electron chi connectivity index (χ0n) is 18.3. The molecule has 0 N–H and O–H groups in total. The van der Waals surface area contributed by atoms with E-state index in [0.717, 1.165) is 6.42 Å². The average molecular weight is 399 g/mol. The van der Waals surface area contributed by atoms with E-state index in [1.807, 2.05) is 6.08 Å². The SMILES string of the molecule is CCC=CCO[C@@H]1CO[C@@H](c2ccc(C34CCC(CCC)(CC3)CC4)cc2)CO1. The van der Waals surface area contributed by atoms with Crippen molar-refractivity contribution in [2.75, 3.05) is 19.8 Å². The van der Waals surface area contributed by atoms with Crippen molar-refractivity contribution in [2.45, 2.75) is 89.4 Å². The lowest BCUT2D eigenvalue weighted by Gasteiger charge is -2.54. The van der Waals surface area contributed by atoms with Crippen molar-refractivity contribution in [1.29, 1.82) is 0 Å². The molecule has 0 aromatic heterocycles. The lowest BCUT2D eigenvalue weighted by molar-refractivity contribution is -0.232. The van der Waals surface area contributed by atoms with E-state index in [2.05, 4.69) is 44.2 Å². The van der Waals surface area contributed by atoms with Crippen LogP contribution in [0.3, 0.4) is 0 Å². The van der Waals surface area contributed by atoms with Gasteiger partial charge in [0, 0.05) is 0 Å². The third kappa shape index (κ3) is 4.62. The van der Waals surface area contributed by atoms with Crippen LogP contribution in [0.5, 0.6) is 0 Å². The number of ether oxygens (including phenoxy) is 3. The maximum Gasteiger partial charge on any atom is 0.181 e. The second-order valence-electron chi connectivity index (χ2n) is 9.45. The molecule has 1 aliphatic heterocycles. The fraction of sp³-hybridized carbons (Fsp3) is 0.692. The number of rotatable bonds is 8. The lowest BCUT2D eigenvalue weighted by Crippen LogP contribution is -2.44. The van der Waals surface area contributed by atoms with Crippen LogP contribution in [0, 0.1) is 5.41 Å². The van der Waals surface area contributed by atoms with Crippen LogP contribution < -0.4 is 0 Å². The molecule has 1 heterocycles. The summed E-state index contributed by atoms with van der Waals surface area (Å²) >= 11 is 0. The monoisotopic (exact) mass is 398 g/mol. The maximum absolute atomic E-state index is 6.04. The standard InChI is InChI=1S/C26H38O3/c1-3-5-6-18-27-24-20-28-23(19-29-24)21-7-9-22(10-8-21)26-15-12-25(11-4-2,13-16-26)14-17-26/h5-10,23-24H,3-4,11-20H2,1-2H3/t23-,24+,25?,26?/m1/s1. The second-order valence-corrected chi connectivity index (χ2v) is 9.45. The predicted molar refractivity (Wildman–Crippen MR) is 117 cm³/mol. The summed E-state index contributed by atoms with van der Waals surface area (Å²) in [5.41, 5.74) is 3.88. The van der Waals surface area contributed by atoms with Gasteiger partial charge in [-0.05, 0) is 73.3 Å². The summed E-state index contributed by atoms with van der Waals surface area (Å²) in [6, 6.07) is 9.28. The largest absolute Gasteiger partial charge is 0.366 e.